The van der Waals surface area contributed by atoms with E-state index in [1.807, 2.05) is 12.3 Å². The Labute approximate surface area is 132 Å². The van der Waals surface area contributed by atoms with E-state index < -0.39 is 0 Å². The van der Waals surface area contributed by atoms with E-state index in [1.54, 1.807) is 12.3 Å². The lowest BCUT2D eigenvalue weighted by Crippen LogP contribution is -2.02. The monoisotopic (exact) mass is 290 g/mol. The first-order valence-corrected chi connectivity index (χ1v) is 7.32. The number of aryl methyl sites for hydroxylation is 1. The molecule has 2 aromatic rings. The minimum atomic E-state index is 1.07. The van der Waals surface area contributed by atoms with Gasteiger partial charge < -0.3 is 4.57 Å². The first kappa shape index (κ1) is 15.8. The molecular formula is C20H22N2. The van der Waals surface area contributed by atoms with Crippen LogP contribution >= 0.6 is 0 Å². The standard InChI is InChI=1S/C20H22N2/c1-6-8-9-19-16(4)17(5)20(14-21-7-2)22(19)18-12-10-15(3)11-13-18/h6-14H,1-2H2,3-5H3/b9-8-,21-14?. The Morgan fingerprint density at radius 1 is 0.955 bits per heavy atom. The van der Waals surface area contributed by atoms with Gasteiger partial charge in [-0.3, -0.25) is 4.99 Å². The molecule has 22 heavy (non-hydrogen) atoms. The van der Waals surface area contributed by atoms with Crippen LogP contribution in [0.2, 0.25) is 0 Å². The van der Waals surface area contributed by atoms with Crippen LogP contribution in [0.25, 0.3) is 11.8 Å². The Balaban J connectivity index is 2.75. The maximum Gasteiger partial charge on any atom is 0.0677 e. The fourth-order valence-corrected chi connectivity index (χ4v) is 2.46. The van der Waals surface area contributed by atoms with Crippen molar-refractivity contribution in [3.05, 3.63) is 83.9 Å². The van der Waals surface area contributed by atoms with Gasteiger partial charge >= 0.3 is 0 Å². The van der Waals surface area contributed by atoms with E-state index in [2.05, 4.69) is 73.8 Å². The molecule has 0 aliphatic rings. The van der Waals surface area contributed by atoms with Gasteiger partial charge in [-0.1, -0.05) is 43.0 Å². The summed E-state index contributed by atoms with van der Waals surface area (Å²) in [6.45, 7) is 13.8. The minimum absolute atomic E-state index is 1.07. The molecule has 112 valence electrons. The Morgan fingerprint density at radius 3 is 2.18 bits per heavy atom. The molecule has 1 heterocycles. The lowest BCUT2D eigenvalue weighted by atomic mass is 10.1. The van der Waals surface area contributed by atoms with E-state index in [0.717, 1.165) is 17.1 Å². The predicted octanol–water partition coefficient (Wildman–Crippen LogP) is 5.16. The molecule has 0 aliphatic heterocycles. The largest absolute Gasteiger partial charge is 0.308 e. The third-order valence-corrected chi connectivity index (χ3v) is 3.80. The molecule has 0 unspecified atom stereocenters. The molecule has 0 saturated carbocycles. The van der Waals surface area contributed by atoms with Gasteiger partial charge in [-0.05, 0) is 50.1 Å². The zero-order chi connectivity index (χ0) is 16.1. The maximum absolute atomic E-state index is 4.22. The Kier molecular flexibility index (Phi) is 4.95. The van der Waals surface area contributed by atoms with Crippen molar-refractivity contribution in [1.82, 2.24) is 4.57 Å². The van der Waals surface area contributed by atoms with Crippen molar-refractivity contribution in [2.24, 2.45) is 4.99 Å². The number of rotatable bonds is 5. The number of benzene rings is 1. The summed E-state index contributed by atoms with van der Waals surface area (Å²) in [5, 5.41) is 0. The summed E-state index contributed by atoms with van der Waals surface area (Å²) in [6.07, 6.45) is 9.25. The zero-order valence-electron chi connectivity index (χ0n) is 13.5. The molecule has 0 bridgehead atoms. The van der Waals surface area contributed by atoms with Crippen LogP contribution in [0, 0.1) is 20.8 Å². The highest BCUT2D eigenvalue weighted by Gasteiger charge is 2.15. The van der Waals surface area contributed by atoms with Crippen LogP contribution in [0.3, 0.4) is 0 Å². The van der Waals surface area contributed by atoms with Crippen LogP contribution in [-0.4, -0.2) is 10.8 Å². The van der Waals surface area contributed by atoms with Crippen molar-refractivity contribution < 1.29 is 0 Å². The van der Waals surface area contributed by atoms with Crippen LogP contribution in [0.15, 0.2) is 60.8 Å². The first-order valence-electron chi connectivity index (χ1n) is 7.32. The predicted molar refractivity (Wildman–Crippen MR) is 97.0 cm³/mol. The van der Waals surface area contributed by atoms with Gasteiger partial charge in [0.05, 0.1) is 11.9 Å². The first-order chi connectivity index (χ1) is 10.6. The van der Waals surface area contributed by atoms with Gasteiger partial charge in [-0.25, -0.2) is 0 Å². The van der Waals surface area contributed by atoms with Gasteiger partial charge in [0.25, 0.3) is 0 Å². The molecule has 2 heteroatoms. The van der Waals surface area contributed by atoms with E-state index in [0.29, 0.717) is 0 Å². The van der Waals surface area contributed by atoms with E-state index in [9.17, 15) is 0 Å². The molecule has 0 fully saturated rings. The van der Waals surface area contributed by atoms with Crippen molar-refractivity contribution in [3.8, 4) is 5.69 Å². The highest BCUT2D eigenvalue weighted by Crippen LogP contribution is 2.26. The summed E-state index contributed by atoms with van der Waals surface area (Å²) < 4.78 is 2.22. The van der Waals surface area contributed by atoms with Gasteiger partial charge in [0, 0.05) is 17.6 Å². The number of hydrogen-bond acceptors (Lipinski definition) is 1. The number of hydrogen-bond donors (Lipinski definition) is 0. The van der Waals surface area contributed by atoms with Crippen LogP contribution in [-0.2, 0) is 0 Å². The summed E-state index contributed by atoms with van der Waals surface area (Å²) >= 11 is 0. The highest BCUT2D eigenvalue weighted by molar-refractivity contribution is 5.84. The van der Waals surface area contributed by atoms with Gasteiger partial charge in [0.2, 0.25) is 0 Å². The Bertz CT molecular complexity index is 700. The fourth-order valence-electron chi connectivity index (χ4n) is 2.46. The molecular weight excluding hydrogens is 268 g/mol. The van der Waals surface area contributed by atoms with E-state index in [1.165, 1.54) is 16.7 Å². The van der Waals surface area contributed by atoms with Crippen molar-refractivity contribution in [2.75, 3.05) is 0 Å². The van der Waals surface area contributed by atoms with Crippen molar-refractivity contribution in [3.63, 3.8) is 0 Å². The smallest absolute Gasteiger partial charge is 0.0677 e. The third kappa shape index (κ3) is 3.01. The summed E-state index contributed by atoms with van der Waals surface area (Å²) in [7, 11) is 0. The normalized spacial score (nSPS) is 11.4. The van der Waals surface area contributed by atoms with Crippen LogP contribution in [0.4, 0.5) is 0 Å². The lowest BCUT2D eigenvalue weighted by molar-refractivity contribution is 1.04. The van der Waals surface area contributed by atoms with Gasteiger partial charge in [0.15, 0.2) is 0 Å². The zero-order valence-corrected chi connectivity index (χ0v) is 13.5. The number of aromatic nitrogens is 1. The van der Waals surface area contributed by atoms with E-state index in [-0.39, 0.29) is 0 Å². The van der Waals surface area contributed by atoms with Gasteiger partial charge in [-0.15, -0.1) is 0 Å². The molecule has 2 nitrogen and oxygen atoms in total. The second-order valence-corrected chi connectivity index (χ2v) is 5.25. The van der Waals surface area contributed by atoms with Gasteiger partial charge in [0.1, 0.15) is 0 Å². The molecule has 0 radical (unpaired) electrons. The number of nitrogens with zero attached hydrogens (tertiary/aromatic N) is 2. The summed E-state index contributed by atoms with van der Waals surface area (Å²) in [4.78, 5) is 4.22. The van der Waals surface area contributed by atoms with Crippen molar-refractivity contribution in [2.45, 2.75) is 20.8 Å². The quantitative estimate of drug-likeness (QED) is 0.534. The van der Waals surface area contributed by atoms with Crippen LogP contribution in [0.5, 0.6) is 0 Å². The minimum Gasteiger partial charge on any atom is -0.308 e. The third-order valence-electron chi connectivity index (χ3n) is 3.80. The number of aliphatic imine (C=N–C) groups is 1. The van der Waals surface area contributed by atoms with Crippen molar-refractivity contribution >= 4 is 12.3 Å². The molecule has 0 N–H and O–H groups in total. The van der Waals surface area contributed by atoms with E-state index in [4.69, 9.17) is 0 Å². The van der Waals surface area contributed by atoms with Crippen LogP contribution in [0.1, 0.15) is 28.1 Å². The van der Waals surface area contributed by atoms with Crippen LogP contribution < -0.4 is 0 Å². The molecule has 1 aromatic heterocycles. The molecule has 2 rings (SSSR count). The SMILES string of the molecule is C=C/C=C\c1c(C)c(C)c(C=NC=C)n1-c1ccc(C)cc1. The summed E-state index contributed by atoms with van der Waals surface area (Å²) in [5.74, 6) is 0. The van der Waals surface area contributed by atoms with Gasteiger partial charge in [-0.2, -0.15) is 0 Å². The molecule has 1 aromatic carbocycles. The highest BCUT2D eigenvalue weighted by atomic mass is 15.0. The van der Waals surface area contributed by atoms with Crippen molar-refractivity contribution in [1.29, 1.82) is 0 Å². The average molecular weight is 290 g/mol. The molecule has 0 spiro atoms. The molecule has 0 saturated heterocycles. The molecule has 0 amide bonds. The summed E-state index contributed by atoms with van der Waals surface area (Å²) in [6, 6.07) is 8.50. The maximum atomic E-state index is 4.22. The number of allylic oxidation sites excluding steroid dienone is 2. The fraction of sp³-hybridized carbons (Fsp3) is 0.150. The topological polar surface area (TPSA) is 17.3 Å². The average Bonchev–Trinajstić information content (AvgIpc) is 2.76. The molecule has 0 atom stereocenters. The van der Waals surface area contributed by atoms with E-state index >= 15 is 0 Å². The lowest BCUT2D eigenvalue weighted by Gasteiger charge is -2.10. The Hall–Kier alpha value is -2.61. The second-order valence-electron chi connectivity index (χ2n) is 5.25. The Morgan fingerprint density at radius 2 is 1.59 bits per heavy atom. The summed E-state index contributed by atoms with van der Waals surface area (Å²) in [5.41, 5.74) is 7.04. The second kappa shape index (κ2) is 6.90. The molecule has 0 aliphatic carbocycles.